The molecular weight excluding hydrogens is 270 g/mol. The summed E-state index contributed by atoms with van der Waals surface area (Å²) in [5.74, 6) is 0.893. The van der Waals surface area contributed by atoms with Gasteiger partial charge in [-0.3, -0.25) is 0 Å². The molecule has 16 heavy (non-hydrogen) atoms. The Labute approximate surface area is 104 Å². The highest BCUT2D eigenvalue weighted by atomic mass is 79.9. The van der Waals surface area contributed by atoms with Crippen LogP contribution in [-0.2, 0) is 11.3 Å². The Balaban J connectivity index is 2.03. The zero-order chi connectivity index (χ0) is 11.4. The van der Waals surface area contributed by atoms with E-state index in [1.807, 2.05) is 18.2 Å². The van der Waals surface area contributed by atoms with Crippen molar-refractivity contribution in [1.29, 1.82) is 0 Å². The Morgan fingerprint density at radius 1 is 1.38 bits per heavy atom. The minimum absolute atomic E-state index is 0.272. The SMILES string of the molecule is NCc1ccc(OC2CCOCC2)c(Br)c1. The fraction of sp³-hybridized carbons (Fsp3) is 0.500. The second kappa shape index (κ2) is 5.66. The lowest BCUT2D eigenvalue weighted by atomic mass is 10.1. The summed E-state index contributed by atoms with van der Waals surface area (Å²) in [6.45, 7) is 2.14. The third kappa shape index (κ3) is 2.97. The molecule has 0 amide bonds. The molecule has 0 aromatic heterocycles. The van der Waals surface area contributed by atoms with Gasteiger partial charge in [-0.2, -0.15) is 0 Å². The first-order chi connectivity index (χ1) is 7.79. The topological polar surface area (TPSA) is 44.5 Å². The third-order valence-electron chi connectivity index (χ3n) is 2.69. The maximum atomic E-state index is 5.92. The van der Waals surface area contributed by atoms with Crippen molar-refractivity contribution in [2.75, 3.05) is 13.2 Å². The lowest BCUT2D eigenvalue weighted by Crippen LogP contribution is -2.26. The van der Waals surface area contributed by atoms with Gasteiger partial charge in [-0.25, -0.2) is 0 Å². The van der Waals surface area contributed by atoms with Crippen molar-refractivity contribution in [1.82, 2.24) is 0 Å². The van der Waals surface area contributed by atoms with Crippen LogP contribution in [-0.4, -0.2) is 19.3 Å². The standard InChI is InChI=1S/C12H16BrNO2/c13-11-7-9(8-14)1-2-12(11)16-10-3-5-15-6-4-10/h1-2,7,10H,3-6,8,14H2. The van der Waals surface area contributed by atoms with E-state index in [1.54, 1.807) is 0 Å². The predicted octanol–water partition coefficient (Wildman–Crippen LogP) is 2.47. The molecule has 1 saturated heterocycles. The van der Waals surface area contributed by atoms with E-state index in [1.165, 1.54) is 0 Å². The molecule has 0 radical (unpaired) electrons. The number of ether oxygens (including phenoxy) is 2. The maximum Gasteiger partial charge on any atom is 0.133 e. The Morgan fingerprint density at radius 3 is 2.75 bits per heavy atom. The predicted molar refractivity (Wildman–Crippen MR) is 66.5 cm³/mol. The third-order valence-corrected chi connectivity index (χ3v) is 3.31. The number of hydrogen-bond acceptors (Lipinski definition) is 3. The van der Waals surface area contributed by atoms with E-state index in [0.717, 1.165) is 41.8 Å². The van der Waals surface area contributed by atoms with E-state index in [-0.39, 0.29) is 6.10 Å². The molecule has 0 spiro atoms. The van der Waals surface area contributed by atoms with Crippen LogP contribution in [0.4, 0.5) is 0 Å². The number of rotatable bonds is 3. The van der Waals surface area contributed by atoms with E-state index >= 15 is 0 Å². The summed E-state index contributed by atoms with van der Waals surface area (Å²) in [5, 5.41) is 0. The van der Waals surface area contributed by atoms with Crippen LogP contribution in [0.15, 0.2) is 22.7 Å². The minimum Gasteiger partial charge on any atom is -0.489 e. The quantitative estimate of drug-likeness (QED) is 0.928. The van der Waals surface area contributed by atoms with Gasteiger partial charge in [0.05, 0.1) is 17.7 Å². The molecule has 2 rings (SSSR count). The first kappa shape index (κ1) is 11.9. The van der Waals surface area contributed by atoms with Gasteiger partial charge in [0.15, 0.2) is 0 Å². The van der Waals surface area contributed by atoms with E-state index in [4.69, 9.17) is 15.2 Å². The van der Waals surface area contributed by atoms with Gasteiger partial charge in [0, 0.05) is 19.4 Å². The summed E-state index contributed by atoms with van der Waals surface area (Å²) in [6, 6.07) is 5.98. The zero-order valence-corrected chi connectivity index (χ0v) is 10.7. The van der Waals surface area contributed by atoms with Gasteiger partial charge in [0.2, 0.25) is 0 Å². The summed E-state index contributed by atoms with van der Waals surface area (Å²) < 4.78 is 12.2. The van der Waals surface area contributed by atoms with E-state index in [0.29, 0.717) is 6.54 Å². The molecule has 1 aliphatic rings. The summed E-state index contributed by atoms with van der Waals surface area (Å²) in [4.78, 5) is 0. The molecule has 0 unspecified atom stereocenters. The van der Waals surface area contributed by atoms with Crippen LogP contribution >= 0.6 is 15.9 Å². The molecule has 0 aliphatic carbocycles. The van der Waals surface area contributed by atoms with Gasteiger partial charge in [0.25, 0.3) is 0 Å². The molecule has 2 N–H and O–H groups in total. The highest BCUT2D eigenvalue weighted by Crippen LogP contribution is 2.28. The minimum atomic E-state index is 0.272. The molecule has 1 fully saturated rings. The van der Waals surface area contributed by atoms with Crippen LogP contribution in [0.3, 0.4) is 0 Å². The molecular formula is C12H16BrNO2. The van der Waals surface area contributed by atoms with Gasteiger partial charge in [-0.05, 0) is 33.6 Å². The molecule has 0 atom stereocenters. The van der Waals surface area contributed by atoms with Crippen molar-refractivity contribution in [3.63, 3.8) is 0 Å². The average Bonchev–Trinajstić information content (AvgIpc) is 2.33. The number of halogens is 1. The molecule has 1 aromatic carbocycles. The van der Waals surface area contributed by atoms with Crippen LogP contribution in [0.1, 0.15) is 18.4 Å². The van der Waals surface area contributed by atoms with Crippen molar-refractivity contribution in [3.05, 3.63) is 28.2 Å². The summed E-state index contributed by atoms with van der Waals surface area (Å²) in [7, 11) is 0. The highest BCUT2D eigenvalue weighted by molar-refractivity contribution is 9.10. The zero-order valence-electron chi connectivity index (χ0n) is 9.12. The van der Waals surface area contributed by atoms with E-state index in [9.17, 15) is 0 Å². The molecule has 88 valence electrons. The summed E-state index contributed by atoms with van der Waals surface area (Å²) in [6.07, 6.45) is 2.20. The van der Waals surface area contributed by atoms with Crippen LogP contribution in [0, 0.1) is 0 Å². The largest absolute Gasteiger partial charge is 0.489 e. The van der Waals surface area contributed by atoms with Crippen molar-refractivity contribution in [2.24, 2.45) is 5.73 Å². The van der Waals surface area contributed by atoms with Crippen LogP contribution in [0.25, 0.3) is 0 Å². The lowest BCUT2D eigenvalue weighted by molar-refractivity contribution is 0.0252. The second-order valence-electron chi connectivity index (χ2n) is 3.90. The summed E-state index contributed by atoms with van der Waals surface area (Å²) >= 11 is 3.50. The van der Waals surface area contributed by atoms with Crippen LogP contribution in [0.5, 0.6) is 5.75 Å². The first-order valence-electron chi connectivity index (χ1n) is 5.52. The van der Waals surface area contributed by atoms with Crippen molar-refractivity contribution in [2.45, 2.75) is 25.5 Å². The number of nitrogens with two attached hydrogens (primary N) is 1. The lowest BCUT2D eigenvalue weighted by Gasteiger charge is -2.24. The Bertz CT molecular complexity index is 351. The first-order valence-corrected chi connectivity index (χ1v) is 6.32. The van der Waals surface area contributed by atoms with Crippen molar-refractivity contribution < 1.29 is 9.47 Å². The van der Waals surface area contributed by atoms with E-state index in [2.05, 4.69) is 15.9 Å². The van der Waals surface area contributed by atoms with Crippen LogP contribution < -0.4 is 10.5 Å². The molecule has 0 bridgehead atoms. The van der Waals surface area contributed by atoms with E-state index < -0.39 is 0 Å². The maximum absolute atomic E-state index is 5.92. The smallest absolute Gasteiger partial charge is 0.133 e. The number of benzene rings is 1. The molecule has 3 nitrogen and oxygen atoms in total. The highest BCUT2D eigenvalue weighted by Gasteiger charge is 2.16. The molecule has 1 heterocycles. The normalized spacial score (nSPS) is 17.4. The Kier molecular flexibility index (Phi) is 4.21. The average molecular weight is 286 g/mol. The molecule has 0 saturated carbocycles. The number of hydrogen-bond donors (Lipinski definition) is 1. The van der Waals surface area contributed by atoms with Gasteiger partial charge in [0.1, 0.15) is 11.9 Å². The Hall–Kier alpha value is -0.580. The fourth-order valence-corrected chi connectivity index (χ4v) is 2.26. The van der Waals surface area contributed by atoms with Gasteiger partial charge in [-0.15, -0.1) is 0 Å². The van der Waals surface area contributed by atoms with Crippen molar-refractivity contribution in [3.8, 4) is 5.75 Å². The molecule has 1 aliphatic heterocycles. The van der Waals surface area contributed by atoms with Crippen LogP contribution in [0.2, 0.25) is 0 Å². The molecule has 4 heteroatoms. The fourth-order valence-electron chi connectivity index (χ4n) is 1.74. The van der Waals surface area contributed by atoms with Gasteiger partial charge < -0.3 is 15.2 Å². The van der Waals surface area contributed by atoms with Gasteiger partial charge >= 0.3 is 0 Å². The van der Waals surface area contributed by atoms with Crippen molar-refractivity contribution >= 4 is 15.9 Å². The summed E-state index contributed by atoms with van der Waals surface area (Å²) in [5.41, 5.74) is 6.68. The second-order valence-corrected chi connectivity index (χ2v) is 4.75. The molecule has 1 aromatic rings. The Morgan fingerprint density at radius 2 is 2.12 bits per heavy atom. The monoisotopic (exact) mass is 285 g/mol. The van der Waals surface area contributed by atoms with Gasteiger partial charge in [-0.1, -0.05) is 6.07 Å².